The third-order valence-electron chi connectivity index (χ3n) is 1.00. The Hall–Kier alpha value is -1.16. The lowest BCUT2D eigenvalue weighted by Gasteiger charge is -2.01. The van der Waals surface area contributed by atoms with Crippen LogP contribution in [0.15, 0.2) is 18.5 Å². The Bertz CT molecular complexity index is 178. The van der Waals surface area contributed by atoms with Gasteiger partial charge in [0.1, 0.15) is 6.73 Å². The number of nitrogens with one attached hydrogen (secondary N) is 1. The molecule has 1 heterocycles. The number of anilines is 1. The van der Waals surface area contributed by atoms with Gasteiger partial charge in [-0.05, 0) is 6.07 Å². The second-order valence-corrected chi connectivity index (χ2v) is 1.74. The molecule has 0 amide bonds. The van der Waals surface area contributed by atoms with Crippen LogP contribution < -0.4 is 5.32 Å². The van der Waals surface area contributed by atoms with E-state index in [0.29, 0.717) is 6.73 Å². The van der Waals surface area contributed by atoms with Crippen molar-refractivity contribution < 1.29 is 4.74 Å². The van der Waals surface area contributed by atoms with Crippen LogP contribution in [-0.2, 0) is 4.74 Å². The summed E-state index contributed by atoms with van der Waals surface area (Å²) in [6, 6.07) is 1.83. The smallest absolute Gasteiger partial charge is 0.116 e. The van der Waals surface area contributed by atoms with Crippen molar-refractivity contribution in [2.45, 2.75) is 0 Å². The van der Waals surface area contributed by atoms with Gasteiger partial charge >= 0.3 is 0 Å². The normalized spacial score (nSPS) is 9.30. The fourth-order valence-corrected chi connectivity index (χ4v) is 0.551. The molecule has 0 saturated heterocycles. The molecule has 0 aliphatic carbocycles. The second-order valence-electron chi connectivity index (χ2n) is 1.74. The van der Waals surface area contributed by atoms with E-state index in [0.717, 1.165) is 5.69 Å². The molecule has 0 fully saturated rings. The minimum Gasteiger partial charge on any atom is -0.365 e. The fraction of sp³-hybridized carbons (Fsp3) is 0.333. The molecular formula is C6H9N3O. The van der Waals surface area contributed by atoms with E-state index < -0.39 is 0 Å². The van der Waals surface area contributed by atoms with Gasteiger partial charge in [0.15, 0.2) is 0 Å². The Balaban J connectivity index is 2.43. The first-order chi connectivity index (χ1) is 4.93. The third kappa shape index (κ3) is 1.99. The lowest BCUT2D eigenvalue weighted by Crippen LogP contribution is -2.02. The summed E-state index contributed by atoms with van der Waals surface area (Å²) in [4.78, 5) is 0. The molecule has 0 atom stereocenters. The first-order valence-corrected chi connectivity index (χ1v) is 2.93. The molecule has 0 aliphatic rings. The summed E-state index contributed by atoms with van der Waals surface area (Å²) in [5, 5.41) is 10.3. The summed E-state index contributed by atoms with van der Waals surface area (Å²) in [7, 11) is 1.63. The maximum atomic E-state index is 4.79. The van der Waals surface area contributed by atoms with E-state index in [4.69, 9.17) is 4.74 Å². The highest BCUT2D eigenvalue weighted by atomic mass is 16.5. The molecule has 4 nitrogen and oxygen atoms in total. The van der Waals surface area contributed by atoms with Crippen molar-refractivity contribution in [1.82, 2.24) is 10.2 Å². The molecule has 0 spiro atoms. The Morgan fingerprint density at radius 1 is 1.60 bits per heavy atom. The predicted molar refractivity (Wildman–Crippen MR) is 37.5 cm³/mol. The molecule has 1 rings (SSSR count). The lowest BCUT2D eigenvalue weighted by atomic mass is 10.5. The number of methoxy groups -OCH3 is 1. The van der Waals surface area contributed by atoms with E-state index in [1.807, 2.05) is 6.07 Å². The molecule has 0 saturated carbocycles. The number of hydrogen-bond donors (Lipinski definition) is 1. The van der Waals surface area contributed by atoms with Crippen molar-refractivity contribution in [3.8, 4) is 0 Å². The van der Waals surface area contributed by atoms with Crippen molar-refractivity contribution in [2.24, 2.45) is 0 Å². The van der Waals surface area contributed by atoms with Crippen LogP contribution in [0, 0.1) is 0 Å². The zero-order valence-corrected chi connectivity index (χ0v) is 5.74. The van der Waals surface area contributed by atoms with Crippen LogP contribution in [0.25, 0.3) is 0 Å². The second kappa shape index (κ2) is 3.79. The van der Waals surface area contributed by atoms with Crippen molar-refractivity contribution in [3.05, 3.63) is 18.5 Å². The Morgan fingerprint density at radius 2 is 2.50 bits per heavy atom. The molecular weight excluding hydrogens is 130 g/mol. The van der Waals surface area contributed by atoms with Crippen LogP contribution in [0.5, 0.6) is 0 Å². The average molecular weight is 139 g/mol. The maximum absolute atomic E-state index is 4.79. The number of aromatic nitrogens is 2. The van der Waals surface area contributed by atoms with Crippen LogP contribution in [-0.4, -0.2) is 24.0 Å². The first-order valence-electron chi connectivity index (χ1n) is 2.93. The number of hydrogen-bond acceptors (Lipinski definition) is 4. The summed E-state index contributed by atoms with van der Waals surface area (Å²) < 4.78 is 4.79. The van der Waals surface area contributed by atoms with E-state index in [1.165, 1.54) is 0 Å². The third-order valence-corrected chi connectivity index (χ3v) is 1.00. The van der Waals surface area contributed by atoms with Gasteiger partial charge in [0.25, 0.3) is 0 Å². The molecule has 4 heteroatoms. The van der Waals surface area contributed by atoms with E-state index in [2.05, 4.69) is 15.5 Å². The Labute approximate surface area is 59.2 Å². The lowest BCUT2D eigenvalue weighted by molar-refractivity contribution is 0.221. The zero-order chi connectivity index (χ0) is 7.23. The molecule has 1 aromatic rings. The van der Waals surface area contributed by atoms with Gasteiger partial charge in [-0.3, -0.25) is 0 Å². The first kappa shape index (κ1) is 6.95. The summed E-state index contributed by atoms with van der Waals surface area (Å²) in [6.07, 6.45) is 3.26. The van der Waals surface area contributed by atoms with Gasteiger partial charge < -0.3 is 10.1 Å². The number of ether oxygens (including phenoxy) is 1. The Morgan fingerprint density at radius 3 is 3.10 bits per heavy atom. The summed E-state index contributed by atoms with van der Waals surface area (Å²) in [5.74, 6) is 0. The topological polar surface area (TPSA) is 47.0 Å². The van der Waals surface area contributed by atoms with E-state index in [-0.39, 0.29) is 0 Å². The standard InChI is InChI=1S/C6H9N3O/c1-10-5-7-6-2-3-8-9-4-6/h2-4H,5H2,1H3,(H,7,8). The monoisotopic (exact) mass is 139 g/mol. The van der Waals surface area contributed by atoms with Crippen LogP contribution in [0.4, 0.5) is 5.69 Å². The van der Waals surface area contributed by atoms with Gasteiger partial charge in [-0.2, -0.15) is 10.2 Å². The van der Waals surface area contributed by atoms with Gasteiger partial charge in [-0.25, -0.2) is 0 Å². The number of nitrogens with zero attached hydrogens (tertiary/aromatic N) is 2. The molecule has 54 valence electrons. The quantitative estimate of drug-likeness (QED) is 0.619. The van der Waals surface area contributed by atoms with Gasteiger partial charge in [0, 0.05) is 7.11 Å². The zero-order valence-electron chi connectivity index (χ0n) is 5.74. The number of rotatable bonds is 3. The molecule has 0 aromatic carbocycles. The molecule has 0 unspecified atom stereocenters. The van der Waals surface area contributed by atoms with Crippen LogP contribution in [0.1, 0.15) is 0 Å². The summed E-state index contributed by atoms with van der Waals surface area (Å²) >= 11 is 0. The largest absolute Gasteiger partial charge is 0.365 e. The van der Waals surface area contributed by atoms with E-state index >= 15 is 0 Å². The highest BCUT2D eigenvalue weighted by Gasteiger charge is 1.86. The molecule has 1 N–H and O–H groups in total. The maximum Gasteiger partial charge on any atom is 0.116 e. The van der Waals surface area contributed by atoms with E-state index in [9.17, 15) is 0 Å². The van der Waals surface area contributed by atoms with Crippen molar-refractivity contribution in [2.75, 3.05) is 19.2 Å². The highest BCUT2D eigenvalue weighted by Crippen LogP contribution is 1.98. The van der Waals surface area contributed by atoms with Crippen LogP contribution >= 0.6 is 0 Å². The minimum absolute atomic E-state index is 0.492. The molecule has 10 heavy (non-hydrogen) atoms. The predicted octanol–water partition coefficient (Wildman–Crippen LogP) is 0.492. The fourth-order valence-electron chi connectivity index (χ4n) is 0.551. The van der Waals surface area contributed by atoms with Crippen LogP contribution in [0.2, 0.25) is 0 Å². The average Bonchev–Trinajstić information content (AvgIpc) is 2.03. The molecule has 0 radical (unpaired) electrons. The van der Waals surface area contributed by atoms with Gasteiger partial charge in [0.05, 0.1) is 18.1 Å². The molecule has 0 bridgehead atoms. The Kier molecular flexibility index (Phi) is 2.63. The highest BCUT2D eigenvalue weighted by molar-refractivity contribution is 5.37. The van der Waals surface area contributed by atoms with Gasteiger partial charge in [-0.15, -0.1) is 0 Å². The van der Waals surface area contributed by atoms with Crippen LogP contribution in [0.3, 0.4) is 0 Å². The SMILES string of the molecule is COCNc1ccnnc1. The van der Waals surface area contributed by atoms with Crippen molar-refractivity contribution in [3.63, 3.8) is 0 Å². The van der Waals surface area contributed by atoms with Crippen molar-refractivity contribution in [1.29, 1.82) is 0 Å². The minimum atomic E-state index is 0.492. The van der Waals surface area contributed by atoms with E-state index in [1.54, 1.807) is 19.5 Å². The summed E-state index contributed by atoms with van der Waals surface area (Å²) in [5.41, 5.74) is 0.914. The molecule has 0 aliphatic heterocycles. The van der Waals surface area contributed by atoms with Crippen molar-refractivity contribution >= 4 is 5.69 Å². The molecule has 1 aromatic heterocycles. The van der Waals surface area contributed by atoms with Gasteiger partial charge in [-0.1, -0.05) is 0 Å². The summed E-state index contributed by atoms with van der Waals surface area (Å²) in [6.45, 7) is 0.492. The van der Waals surface area contributed by atoms with Gasteiger partial charge in [0.2, 0.25) is 0 Å².